The van der Waals surface area contributed by atoms with Crippen LogP contribution in [0.25, 0.3) is 0 Å². The van der Waals surface area contributed by atoms with Gasteiger partial charge in [-0.2, -0.15) is 0 Å². The number of allylic oxidation sites excluding steroid dienone is 1. The molecule has 1 N–H and O–H groups in total. The molecule has 1 nitrogen and oxygen atoms in total. The van der Waals surface area contributed by atoms with Gasteiger partial charge >= 0.3 is 0 Å². The molecular weight excluding hydrogens is 182 g/mol. The molecule has 0 heterocycles. The van der Waals surface area contributed by atoms with Crippen LogP contribution in [-0.2, 0) is 0 Å². The molecule has 0 aliphatic heterocycles. The van der Waals surface area contributed by atoms with Gasteiger partial charge in [-0.3, -0.25) is 0 Å². The molecule has 0 bridgehead atoms. The fraction of sp³-hybridized carbons (Fsp3) is 0.857. The highest BCUT2D eigenvalue weighted by Crippen LogP contribution is 2.20. The van der Waals surface area contributed by atoms with Gasteiger partial charge in [-0.25, -0.2) is 0 Å². The van der Waals surface area contributed by atoms with Crippen LogP contribution < -0.4 is 5.32 Å². The van der Waals surface area contributed by atoms with Gasteiger partial charge in [0.15, 0.2) is 0 Å². The normalized spacial score (nSPS) is 23.9. The lowest BCUT2D eigenvalue weighted by Crippen LogP contribution is -2.31. The van der Waals surface area contributed by atoms with Crippen LogP contribution >= 0.6 is 0 Å². The number of hydrogen-bond acceptors (Lipinski definition) is 1. The minimum Gasteiger partial charge on any atom is -0.314 e. The SMILES string of the molecule is C1=C(CCNC2CCCCC2)CCCC1. The van der Waals surface area contributed by atoms with Gasteiger partial charge in [0.1, 0.15) is 0 Å². The van der Waals surface area contributed by atoms with Gasteiger partial charge in [0, 0.05) is 6.04 Å². The molecular formula is C14H25N. The molecule has 2 aliphatic carbocycles. The lowest BCUT2D eigenvalue weighted by Gasteiger charge is -2.23. The smallest absolute Gasteiger partial charge is 0.00671 e. The zero-order chi connectivity index (χ0) is 10.3. The summed E-state index contributed by atoms with van der Waals surface area (Å²) in [5.41, 5.74) is 1.71. The molecule has 86 valence electrons. The van der Waals surface area contributed by atoms with Gasteiger partial charge in [0.05, 0.1) is 0 Å². The van der Waals surface area contributed by atoms with E-state index >= 15 is 0 Å². The standard InChI is InChI=1S/C14H25N/c1-3-7-13(8-4-1)11-12-15-14-9-5-2-6-10-14/h7,14-15H,1-6,8-12H2. The Kier molecular flexibility index (Phi) is 4.72. The van der Waals surface area contributed by atoms with E-state index in [9.17, 15) is 0 Å². The van der Waals surface area contributed by atoms with E-state index < -0.39 is 0 Å². The van der Waals surface area contributed by atoms with Gasteiger partial charge in [-0.15, -0.1) is 0 Å². The van der Waals surface area contributed by atoms with Crippen LogP contribution in [0.1, 0.15) is 64.2 Å². The average molecular weight is 207 g/mol. The van der Waals surface area contributed by atoms with Crippen molar-refractivity contribution in [1.82, 2.24) is 5.32 Å². The summed E-state index contributed by atoms with van der Waals surface area (Å²) in [5.74, 6) is 0. The van der Waals surface area contributed by atoms with E-state index in [1.165, 1.54) is 70.8 Å². The maximum atomic E-state index is 3.73. The molecule has 0 aromatic heterocycles. The minimum atomic E-state index is 0.836. The van der Waals surface area contributed by atoms with Crippen molar-refractivity contribution in [2.24, 2.45) is 0 Å². The van der Waals surface area contributed by atoms with Crippen LogP contribution in [-0.4, -0.2) is 12.6 Å². The number of hydrogen-bond donors (Lipinski definition) is 1. The Morgan fingerprint density at radius 1 is 1.07 bits per heavy atom. The molecule has 0 spiro atoms. The molecule has 0 atom stereocenters. The van der Waals surface area contributed by atoms with Crippen LogP contribution in [0.3, 0.4) is 0 Å². The van der Waals surface area contributed by atoms with Gasteiger partial charge in [-0.05, 0) is 51.5 Å². The van der Waals surface area contributed by atoms with Gasteiger partial charge in [0.2, 0.25) is 0 Å². The molecule has 0 aromatic rings. The fourth-order valence-electron chi connectivity index (χ4n) is 2.88. The summed E-state index contributed by atoms with van der Waals surface area (Å²) in [6, 6.07) is 0.836. The third-order valence-electron chi connectivity index (χ3n) is 3.87. The van der Waals surface area contributed by atoms with Crippen molar-refractivity contribution in [3.8, 4) is 0 Å². The van der Waals surface area contributed by atoms with Crippen molar-refractivity contribution in [3.63, 3.8) is 0 Å². The van der Waals surface area contributed by atoms with Crippen molar-refractivity contribution in [1.29, 1.82) is 0 Å². The first kappa shape index (κ1) is 11.2. The second-order valence-corrected chi connectivity index (χ2v) is 5.15. The van der Waals surface area contributed by atoms with E-state index in [4.69, 9.17) is 0 Å². The highest BCUT2D eigenvalue weighted by atomic mass is 14.9. The van der Waals surface area contributed by atoms with Crippen LogP contribution in [0.4, 0.5) is 0 Å². The molecule has 0 aromatic carbocycles. The van der Waals surface area contributed by atoms with Crippen molar-refractivity contribution in [2.75, 3.05) is 6.54 Å². The Hall–Kier alpha value is -0.300. The first-order valence-electron chi connectivity index (χ1n) is 6.86. The summed E-state index contributed by atoms with van der Waals surface area (Å²) in [5, 5.41) is 3.73. The zero-order valence-corrected chi connectivity index (χ0v) is 9.93. The molecule has 1 saturated carbocycles. The fourth-order valence-corrected chi connectivity index (χ4v) is 2.88. The van der Waals surface area contributed by atoms with Crippen molar-refractivity contribution in [2.45, 2.75) is 70.3 Å². The van der Waals surface area contributed by atoms with Crippen LogP contribution in [0.5, 0.6) is 0 Å². The Morgan fingerprint density at radius 2 is 1.93 bits per heavy atom. The lowest BCUT2D eigenvalue weighted by atomic mass is 9.94. The highest BCUT2D eigenvalue weighted by Gasteiger charge is 2.12. The van der Waals surface area contributed by atoms with Gasteiger partial charge in [-0.1, -0.05) is 30.9 Å². The van der Waals surface area contributed by atoms with Gasteiger partial charge < -0.3 is 5.32 Å². The summed E-state index contributed by atoms with van der Waals surface area (Å²) in [6.45, 7) is 1.22. The molecule has 0 amide bonds. The maximum Gasteiger partial charge on any atom is 0.00671 e. The van der Waals surface area contributed by atoms with E-state index in [1.807, 2.05) is 0 Å². The second-order valence-electron chi connectivity index (χ2n) is 5.15. The summed E-state index contributed by atoms with van der Waals surface area (Å²) in [7, 11) is 0. The molecule has 1 fully saturated rings. The van der Waals surface area contributed by atoms with Crippen LogP contribution in [0, 0.1) is 0 Å². The average Bonchev–Trinajstić information content (AvgIpc) is 2.32. The minimum absolute atomic E-state index is 0.836. The Morgan fingerprint density at radius 3 is 2.67 bits per heavy atom. The third-order valence-corrected chi connectivity index (χ3v) is 3.87. The largest absolute Gasteiger partial charge is 0.314 e. The predicted molar refractivity (Wildman–Crippen MR) is 66.0 cm³/mol. The molecule has 2 rings (SSSR count). The monoisotopic (exact) mass is 207 g/mol. The molecule has 0 saturated heterocycles. The number of nitrogens with one attached hydrogen (secondary N) is 1. The lowest BCUT2D eigenvalue weighted by molar-refractivity contribution is 0.374. The topological polar surface area (TPSA) is 12.0 Å². The third kappa shape index (κ3) is 3.98. The summed E-state index contributed by atoms with van der Waals surface area (Å²) >= 11 is 0. The van der Waals surface area contributed by atoms with E-state index in [-0.39, 0.29) is 0 Å². The zero-order valence-electron chi connectivity index (χ0n) is 9.93. The highest BCUT2D eigenvalue weighted by molar-refractivity contribution is 5.05. The van der Waals surface area contributed by atoms with E-state index in [2.05, 4.69) is 11.4 Å². The number of rotatable bonds is 4. The van der Waals surface area contributed by atoms with E-state index in [0.29, 0.717) is 0 Å². The summed E-state index contributed by atoms with van der Waals surface area (Å²) in [6.07, 6.45) is 16.5. The Balaban J connectivity index is 1.59. The Bertz CT molecular complexity index is 201. The van der Waals surface area contributed by atoms with Crippen LogP contribution in [0.15, 0.2) is 11.6 Å². The molecule has 15 heavy (non-hydrogen) atoms. The molecule has 0 radical (unpaired) electrons. The Labute approximate surface area is 94.3 Å². The van der Waals surface area contributed by atoms with Crippen molar-refractivity contribution >= 4 is 0 Å². The van der Waals surface area contributed by atoms with E-state index in [0.717, 1.165) is 6.04 Å². The molecule has 1 heteroatoms. The van der Waals surface area contributed by atoms with Crippen molar-refractivity contribution in [3.05, 3.63) is 11.6 Å². The molecule has 2 aliphatic rings. The van der Waals surface area contributed by atoms with Crippen LogP contribution in [0.2, 0.25) is 0 Å². The summed E-state index contributed by atoms with van der Waals surface area (Å²) < 4.78 is 0. The van der Waals surface area contributed by atoms with Crippen molar-refractivity contribution < 1.29 is 0 Å². The predicted octanol–water partition coefficient (Wildman–Crippen LogP) is 3.80. The first-order chi connectivity index (χ1) is 7.45. The molecule has 0 unspecified atom stereocenters. The first-order valence-corrected chi connectivity index (χ1v) is 6.86. The van der Waals surface area contributed by atoms with Gasteiger partial charge in [0.25, 0.3) is 0 Å². The van der Waals surface area contributed by atoms with E-state index in [1.54, 1.807) is 5.57 Å². The summed E-state index contributed by atoms with van der Waals surface area (Å²) in [4.78, 5) is 0. The second kappa shape index (κ2) is 6.32. The quantitative estimate of drug-likeness (QED) is 0.691. The maximum absolute atomic E-state index is 3.73.